The first-order chi connectivity index (χ1) is 8.86. The summed E-state index contributed by atoms with van der Waals surface area (Å²) in [4.78, 5) is 12.5. The molecule has 3 atom stereocenters. The van der Waals surface area contributed by atoms with Crippen LogP contribution in [-0.4, -0.2) is 5.78 Å². The molecule has 0 amide bonds. The summed E-state index contributed by atoms with van der Waals surface area (Å²) in [7, 11) is 0. The van der Waals surface area contributed by atoms with Crippen molar-refractivity contribution < 1.29 is 4.79 Å². The molecule has 4 aliphatic rings. The molecule has 0 bridgehead atoms. The van der Waals surface area contributed by atoms with Crippen LogP contribution in [0.1, 0.15) is 44.9 Å². The van der Waals surface area contributed by atoms with Crippen LogP contribution in [0.4, 0.5) is 0 Å². The highest BCUT2D eigenvalue weighted by Crippen LogP contribution is 2.52. The summed E-state index contributed by atoms with van der Waals surface area (Å²) < 4.78 is 0. The van der Waals surface area contributed by atoms with Crippen LogP contribution in [0, 0.1) is 17.8 Å². The highest BCUT2D eigenvalue weighted by atomic mass is 16.1. The second-order valence-corrected chi connectivity index (χ2v) is 6.25. The second-order valence-electron chi connectivity index (χ2n) is 6.25. The van der Waals surface area contributed by atoms with Crippen LogP contribution < -0.4 is 0 Å². The van der Waals surface area contributed by atoms with Gasteiger partial charge in [0.15, 0.2) is 0 Å². The molecule has 0 radical (unpaired) electrons. The topological polar surface area (TPSA) is 17.1 Å². The molecule has 0 saturated heterocycles. The average molecular weight is 240 g/mol. The number of rotatable bonds is 0. The van der Waals surface area contributed by atoms with E-state index >= 15 is 0 Å². The smallest absolute Gasteiger partial charge is 0.148 e. The quantitative estimate of drug-likeness (QED) is 0.626. The molecule has 18 heavy (non-hydrogen) atoms. The van der Waals surface area contributed by atoms with Crippen LogP contribution in [0.2, 0.25) is 0 Å². The number of Topliss-reactive ketones (excluding diaryl/α,β-unsaturated/α-hetero) is 1. The Bertz CT molecular complexity index is 492. The molecule has 1 nitrogen and oxygen atoms in total. The second kappa shape index (κ2) is 3.94. The summed E-state index contributed by atoms with van der Waals surface area (Å²) in [6.07, 6.45) is 15.2. The summed E-state index contributed by atoms with van der Waals surface area (Å²) in [5.41, 5.74) is 4.58. The Hall–Kier alpha value is -1.11. The van der Waals surface area contributed by atoms with Gasteiger partial charge < -0.3 is 0 Å². The van der Waals surface area contributed by atoms with Crippen LogP contribution in [0.3, 0.4) is 0 Å². The van der Waals surface area contributed by atoms with Crippen LogP contribution >= 0.6 is 0 Å². The molecule has 0 aromatic carbocycles. The van der Waals surface area contributed by atoms with Crippen molar-refractivity contribution in [1.29, 1.82) is 0 Å². The molecule has 0 heterocycles. The molecular weight excluding hydrogens is 220 g/mol. The molecule has 2 saturated carbocycles. The first-order valence-corrected chi connectivity index (χ1v) is 7.50. The Labute approximate surface area is 109 Å². The Morgan fingerprint density at radius 3 is 2.94 bits per heavy atom. The lowest BCUT2D eigenvalue weighted by molar-refractivity contribution is -0.123. The van der Waals surface area contributed by atoms with Gasteiger partial charge in [-0.2, -0.15) is 0 Å². The van der Waals surface area contributed by atoms with E-state index in [9.17, 15) is 4.79 Å². The zero-order valence-corrected chi connectivity index (χ0v) is 10.8. The van der Waals surface area contributed by atoms with Gasteiger partial charge in [-0.25, -0.2) is 0 Å². The molecule has 2 fully saturated rings. The van der Waals surface area contributed by atoms with Crippen LogP contribution in [-0.2, 0) is 4.79 Å². The lowest BCUT2D eigenvalue weighted by atomic mass is 9.71. The van der Waals surface area contributed by atoms with E-state index in [-0.39, 0.29) is 11.8 Å². The van der Waals surface area contributed by atoms with Crippen molar-refractivity contribution in [3.05, 3.63) is 34.9 Å². The SMILES string of the molecule is O=C1C2CC=CC=C2C2=C3CCCCC3CCC12. The number of carbonyl (C=O) groups excluding carboxylic acids is 1. The van der Waals surface area contributed by atoms with E-state index in [1.807, 2.05) is 0 Å². The molecule has 0 aliphatic heterocycles. The van der Waals surface area contributed by atoms with Gasteiger partial charge in [0.05, 0.1) is 0 Å². The van der Waals surface area contributed by atoms with Gasteiger partial charge in [0.2, 0.25) is 0 Å². The van der Waals surface area contributed by atoms with E-state index in [0.29, 0.717) is 5.78 Å². The summed E-state index contributed by atoms with van der Waals surface area (Å²) in [5, 5.41) is 0. The Kier molecular flexibility index (Phi) is 2.36. The monoisotopic (exact) mass is 240 g/mol. The summed E-state index contributed by atoms with van der Waals surface area (Å²) in [5.74, 6) is 1.81. The molecule has 0 N–H and O–H groups in total. The largest absolute Gasteiger partial charge is 0.298 e. The van der Waals surface area contributed by atoms with Crippen molar-refractivity contribution in [2.24, 2.45) is 17.8 Å². The zero-order valence-electron chi connectivity index (χ0n) is 10.8. The minimum absolute atomic E-state index is 0.211. The van der Waals surface area contributed by atoms with Gasteiger partial charge >= 0.3 is 0 Å². The lowest BCUT2D eigenvalue weighted by Crippen LogP contribution is -2.23. The van der Waals surface area contributed by atoms with Crippen molar-refractivity contribution >= 4 is 5.78 Å². The predicted molar refractivity (Wildman–Crippen MR) is 72.0 cm³/mol. The molecule has 94 valence electrons. The predicted octanol–water partition coefficient (Wildman–Crippen LogP) is 3.97. The fraction of sp³-hybridized carbons (Fsp3) is 0.588. The van der Waals surface area contributed by atoms with E-state index in [4.69, 9.17) is 0 Å². The molecule has 0 spiro atoms. The Morgan fingerprint density at radius 1 is 1.06 bits per heavy atom. The molecule has 4 rings (SSSR count). The van der Waals surface area contributed by atoms with Gasteiger partial charge in [-0.3, -0.25) is 4.79 Å². The number of hydrogen-bond donors (Lipinski definition) is 0. The maximum atomic E-state index is 12.5. The Balaban J connectivity index is 1.87. The number of fused-ring (bicyclic) bond motifs is 4. The van der Waals surface area contributed by atoms with Gasteiger partial charge in [-0.05, 0) is 55.6 Å². The third kappa shape index (κ3) is 1.36. The fourth-order valence-corrected chi connectivity index (χ4v) is 4.58. The minimum Gasteiger partial charge on any atom is -0.298 e. The van der Waals surface area contributed by atoms with Gasteiger partial charge in [0.25, 0.3) is 0 Å². The molecule has 0 aromatic rings. The van der Waals surface area contributed by atoms with Crippen molar-refractivity contribution in [2.45, 2.75) is 44.9 Å². The van der Waals surface area contributed by atoms with E-state index in [2.05, 4.69) is 18.2 Å². The fourth-order valence-electron chi connectivity index (χ4n) is 4.58. The normalized spacial score (nSPS) is 38.1. The van der Waals surface area contributed by atoms with Crippen molar-refractivity contribution in [2.75, 3.05) is 0 Å². The number of ketones is 1. The third-order valence-electron chi connectivity index (χ3n) is 5.40. The zero-order chi connectivity index (χ0) is 12.1. The van der Waals surface area contributed by atoms with E-state index in [0.717, 1.165) is 18.8 Å². The van der Waals surface area contributed by atoms with E-state index in [1.54, 1.807) is 5.57 Å². The van der Waals surface area contributed by atoms with Crippen molar-refractivity contribution in [1.82, 2.24) is 0 Å². The highest BCUT2D eigenvalue weighted by molar-refractivity contribution is 5.96. The maximum Gasteiger partial charge on any atom is 0.148 e. The lowest BCUT2D eigenvalue weighted by Gasteiger charge is -2.34. The minimum atomic E-state index is 0.211. The van der Waals surface area contributed by atoms with Gasteiger partial charge in [0.1, 0.15) is 5.78 Å². The standard InChI is InChI=1S/C17H20O/c18-17-14-8-4-3-7-13(14)16-12-6-2-1-5-11(12)9-10-15(16)17/h3-4,7,11,14-15H,1-2,5-6,8-10H2. The van der Waals surface area contributed by atoms with Crippen LogP contribution in [0.5, 0.6) is 0 Å². The summed E-state index contributed by atoms with van der Waals surface area (Å²) >= 11 is 0. The summed E-state index contributed by atoms with van der Waals surface area (Å²) in [6, 6.07) is 0. The van der Waals surface area contributed by atoms with Crippen LogP contribution in [0.15, 0.2) is 34.9 Å². The molecule has 3 unspecified atom stereocenters. The average Bonchev–Trinajstić information content (AvgIpc) is 2.73. The van der Waals surface area contributed by atoms with Gasteiger partial charge in [-0.1, -0.05) is 30.2 Å². The molecule has 1 heteroatoms. The third-order valence-corrected chi connectivity index (χ3v) is 5.40. The number of carbonyl (C=O) groups is 1. The molecule has 4 aliphatic carbocycles. The number of allylic oxidation sites excluding steroid dienone is 6. The van der Waals surface area contributed by atoms with E-state index < -0.39 is 0 Å². The number of hydrogen-bond acceptors (Lipinski definition) is 1. The maximum absolute atomic E-state index is 12.5. The summed E-state index contributed by atoms with van der Waals surface area (Å²) in [6.45, 7) is 0. The molecule has 0 aromatic heterocycles. The van der Waals surface area contributed by atoms with Crippen molar-refractivity contribution in [3.63, 3.8) is 0 Å². The molecular formula is C17H20O. The van der Waals surface area contributed by atoms with Gasteiger partial charge in [0, 0.05) is 11.8 Å². The van der Waals surface area contributed by atoms with Crippen LogP contribution in [0.25, 0.3) is 0 Å². The highest BCUT2D eigenvalue weighted by Gasteiger charge is 2.46. The Morgan fingerprint density at radius 2 is 2.00 bits per heavy atom. The van der Waals surface area contributed by atoms with Crippen molar-refractivity contribution in [3.8, 4) is 0 Å². The van der Waals surface area contributed by atoms with Gasteiger partial charge in [-0.15, -0.1) is 0 Å². The first kappa shape index (κ1) is 10.8. The first-order valence-electron chi connectivity index (χ1n) is 7.50. The van der Waals surface area contributed by atoms with E-state index in [1.165, 1.54) is 43.3 Å².